The van der Waals surface area contributed by atoms with Gasteiger partial charge in [-0.05, 0) is 17.6 Å². The van der Waals surface area contributed by atoms with E-state index in [1.807, 2.05) is 19.0 Å². The number of hydrogen-bond acceptors (Lipinski definition) is 2. The Labute approximate surface area is 66.9 Å². The van der Waals surface area contributed by atoms with Crippen molar-refractivity contribution in [3.63, 3.8) is 0 Å². The molecule has 1 aromatic rings. The van der Waals surface area contributed by atoms with Crippen LogP contribution in [0.1, 0.15) is 0 Å². The standard InChI is InChI=1S/C8H11BO2/c1-9(11-2)7-3-5-8(10)6-4-7/h3-6,10H,1-2H3. The molecule has 3 heteroatoms. The summed E-state index contributed by atoms with van der Waals surface area (Å²) in [5, 5.41) is 8.97. The molecule has 0 aliphatic carbocycles. The highest BCUT2D eigenvalue weighted by atomic mass is 16.4. The van der Waals surface area contributed by atoms with Gasteiger partial charge in [0.25, 0.3) is 0 Å². The zero-order valence-corrected chi connectivity index (χ0v) is 6.74. The fourth-order valence-corrected chi connectivity index (χ4v) is 0.881. The average Bonchev–Trinajstić information content (AvgIpc) is 2.05. The van der Waals surface area contributed by atoms with Crippen molar-refractivity contribution < 1.29 is 9.76 Å². The molecule has 0 unspecified atom stereocenters. The number of rotatable bonds is 2. The molecule has 11 heavy (non-hydrogen) atoms. The van der Waals surface area contributed by atoms with Crippen LogP contribution in [-0.4, -0.2) is 19.1 Å². The van der Waals surface area contributed by atoms with E-state index in [4.69, 9.17) is 9.76 Å². The Morgan fingerprint density at radius 3 is 2.27 bits per heavy atom. The molecule has 1 rings (SSSR count). The Hall–Kier alpha value is -0.955. The molecule has 2 nitrogen and oxygen atoms in total. The molecule has 0 saturated heterocycles. The highest BCUT2D eigenvalue weighted by Crippen LogP contribution is 2.03. The van der Waals surface area contributed by atoms with Gasteiger partial charge in [-0.2, -0.15) is 0 Å². The second-order valence-corrected chi connectivity index (χ2v) is 2.47. The number of hydrogen-bond donors (Lipinski definition) is 1. The van der Waals surface area contributed by atoms with E-state index in [9.17, 15) is 0 Å². The van der Waals surface area contributed by atoms with Gasteiger partial charge >= 0.3 is 6.92 Å². The van der Waals surface area contributed by atoms with Gasteiger partial charge in [-0.1, -0.05) is 19.0 Å². The van der Waals surface area contributed by atoms with Crippen molar-refractivity contribution >= 4 is 12.4 Å². The van der Waals surface area contributed by atoms with Crippen LogP contribution >= 0.6 is 0 Å². The van der Waals surface area contributed by atoms with Crippen molar-refractivity contribution in [2.75, 3.05) is 7.11 Å². The Morgan fingerprint density at radius 1 is 1.27 bits per heavy atom. The minimum Gasteiger partial charge on any atom is -0.508 e. The first-order valence-electron chi connectivity index (χ1n) is 3.55. The fraction of sp³-hybridized carbons (Fsp3) is 0.250. The van der Waals surface area contributed by atoms with E-state index in [2.05, 4.69) is 0 Å². The van der Waals surface area contributed by atoms with Gasteiger partial charge in [0.15, 0.2) is 0 Å². The molecule has 0 heterocycles. The van der Waals surface area contributed by atoms with E-state index in [-0.39, 0.29) is 12.7 Å². The Balaban J connectivity index is 2.81. The summed E-state index contributed by atoms with van der Waals surface area (Å²) in [4.78, 5) is 0. The molecule has 0 atom stereocenters. The summed E-state index contributed by atoms with van der Waals surface area (Å²) in [6.07, 6.45) is 0. The lowest BCUT2D eigenvalue weighted by molar-refractivity contribution is 0.434. The summed E-state index contributed by atoms with van der Waals surface area (Å²) in [5.41, 5.74) is 1.07. The van der Waals surface area contributed by atoms with Crippen LogP contribution in [0.15, 0.2) is 24.3 Å². The SMILES string of the molecule is COB(C)c1ccc(O)cc1. The van der Waals surface area contributed by atoms with Crippen LogP contribution in [0.3, 0.4) is 0 Å². The van der Waals surface area contributed by atoms with Crippen molar-refractivity contribution in [3.8, 4) is 5.75 Å². The van der Waals surface area contributed by atoms with Crippen LogP contribution in [0.2, 0.25) is 6.82 Å². The zero-order chi connectivity index (χ0) is 8.27. The minimum absolute atomic E-state index is 0.0931. The summed E-state index contributed by atoms with van der Waals surface area (Å²) in [7, 11) is 1.66. The van der Waals surface area contributed by atoms with Gasteiger partial charge in [0.05, 0.1) is 0 Å². The van der Waals surface area contributed by atoms with E-state index < -0.39 is 0 Å². The molecule has 0 spiro atoms. The second kappa shape index (κ2) is 3.44. The molecular formula is C8H11BO2. The number of aromatic hydroxyl groups is 1. The van der Waals surface area contributed by atoms with Gasteiger partial charge in [0, 0.05) is 7.11 Å². The highest BCUT2D eigenvalue weighted by Gasteiger charge is 2.07. The van der Waals surface area contributed by atoms with E-state index in [1.54, 1.807) is 19.2 Å². The molecule has 1 N–H and O–H groups in total. The summed E-state index contributed by atoms with van der Waals surface area (Å²) in [5.74, 6) is 0.289. The maximum Gasteiger partial charge on any atom is 0.323 e. The topological polar surface area (TPSA) is 29.5 Å². The maximum atomic E-state index is 8.97. The lowest BCUT2D eigenvalue weighted by atomic mass is 9.64. The van der Waals surface area contributed by atoms with Crippen LogP contribution in [-0.2, 0) is 4.65 Å². The Bertz CT molecular complexity index is 220. The number of phenols is 1. The first-order valence-corrected chi connectivity index (χ1v) is 3.55. The van der Waals surface area contributed by atoms with Crippen molar-refractivity contribution in [1.82, 2.24) is 0 Å². The molecule has 0 aliphatic rings. The normalized spacial score (nSPS) is 9.64. The Kier molecular flexibility index (Phi) is 2.55. The third kappa shape index (κ3) is 1.98. The van der Waals surface area contributed by atoms with Crippen LogP contribution in [0.4, 0.5) is 0 Å². The monoisotopic (exact) mass is 150 g/mol. The summed E-state index contributed by atoms with van der Waals surface area (Å²) in [6.45, 7) is 2.06. The van der Waals surface area contributed by atoms with Crippen LogP contribution < -0.4 is 5.46 Å². The zero-order valence-electron chi connectivity index (χ0n) is 6.74. The van der Waals surface area contributed by atoms with E-state index in [1.165, 1.54) is 0 Å². The minimum atomic E-state index is 0.0931. The summed E-state index contributed by atoms with van der Waals surface area (Å²) >= 11 is 0. The summed E-state index contributed by atoms with van der Waals surface area (Å²) in [6, 6.07) is 7.02. The Morgan fingerprint density at radius 2 is 1.82 bits per heavy atom. The van der Waals surface area contributed by atoms with E-state index in [0.29, 0.717) is 0 Å². The molecule has 58 valence electrons. The molecular weight excluding hydrogens is 139 g/mol. The fourth-order valence-electron chi connectivity index (χ4n) is 0.881. The molecule has 0 aromatic heterocycles. The maximum absolute atomic E-state index is 8.97. The molecule has 0 radical (unpaired) electrons. The lowest BCUT2D eigenvalue weighted by Gasteiger charge is -2.04. The van der Waals surface area contributed by atoms with E-state index >= 15 is 0 Å². The quantitative estimate of drug-likeness (QED) is 0.633. The van der Waals surface area contributed by atoms with Crippen molar-refractivity contribution in [3.05, 3.63) is 24.3 Å². The summed E-state index contributed by atoms with van der Waals surface area (Å²) < 4.78 is 5.09. The highest BCUT2D eigenvalue weighted by molar-refractivity contribution is 6.66. The van der Waals surface area contributed by atoms with Crippen molar-refractivity contribution in [1.29, 1.82) is 0 Å². The van der Waals surface area contributed by atoms with Crippen LogP contribution in [0.25, 0.3) is 0 Å². The van der Waals surface area contributed by atoms with Crippen molar-refractivity contribution in [2.45, 2.75) is 6.82 Å². The van der Waals surface area contributed by atoms with Gasteiger partial charge in [-0.3, -0.25) is 0 Å². The van der Waals surface area contributed by atoms with Crippen LogP contribution in [0.5, 0.6) is 5.75 Å². The molecule has 0 bridgehead atoms. The van der Waals surface area contributed by atoms with Gasteiger partial charge in [0.2, 0.25) is 0 Å². The van der Waals surface area contributed by atoms with Crippen LogP contribution in [0, 0.1) is 0 Å². The molecule has 0 saturated carbocycles. The van der Waals surface area contributed by atoms with Gasteiger partial charge in [-0.15, -0.1) is 0 Å². The second-order valence-electron chi connectivity index (χ2n) is 2.47. The van der Waals surface area contributed by atoms with Gasteiger partial charge in [-0.25, -0.2) is 0 Å². The first-order chi connectivity index (χ1) is 5.24. The molecule has 0 fully saturated rings. The number of benzene rings is 1. The largest absolute Gasteiger partial charge is 0.508 e. The van der Waals surface area contributed by atoms with E-state index in [0.717, 1.165) is 5.46 Å². The molecule has 1 aromatic carbocycles. The average molecular weight is 150 g/mol. The number of phenolic OH excluding ortho intramolecular Hbond substituents is 1. The lowest BCUT2D eigenvalue weighted by Crippen LogP contribution is -2.28. The van der Waals surface area contributed by atoms with Gasteiger partial charge < -0.3 is 9.76 Å². The molecule has 0 aliphatic heterocycles. The predicted octanol–water partition coefficient (Wildman–Crippen LogP) is 0.867. The third-order valence-corrected chi connectivity index (χ3v) is 1.72. The third-order valence-electron chi connectivity index (χ3n) is 1.72. The predicted molar refractivity (Wildman–Crippen MR) is 46.4 cm³/mol. The smallest absolute Gasteiger partial charge is 0.323 e. The van der Waals surface area contributed by atoms with Gasteiger partial charge in [0.1, 0.15) is 5.75 Å². The molecule has 0 amide bonds. The first kappa shape index (κ1) is 8.14. The van der Waals surface area contributed by atoms with Crippen molar-refractivity contribution in [2.24, 2.45) is 0 Å².